The molecular formula is C25H24N4O2S. The number of para-hydroxylation sites is 1. The fraction of sp³-hybridized carbons (Fsp3) is 0.160. The number of aryl methyl sites for hydroxylation is 2. The minimum atomic E-state index is -0.0858. The lowest BCUT2D eigenvalue weighted by molar-refractivity contribution is -0.113. The van der Waals surface area contributed by atoms with E-state index in [9.17, 15) is 4.79 Å². The van der Waals surface area contributed by atoms with Gasteiger partial charge in [0.25, 0.3) is 0 Å². The smallest absolute Gasteiger partial charge is 0.234 e. The van der Waals surface area contributed by atoms with Crippen LogP contribution in [0.2, 0.25) is 0 Å². The van der Waals surface area contributed by atoms with E-state index < -0.39 is 0 Å². The number of nitrogens with one attached hydrogen (secondary N) is 1. The van der Waals surface area contributed by atoms with Gasteiger partial charge in [-0.05, 0) is 67.4 Å². The van der Waals surface area contributed by atoms with Crippen molar-refractivity contribution >= 4 is 23.4 Å². The fourth-order valence-electron chi connectivity index (χ4n) is 3.29. The first-order chi connectivity index (χ1) is 15.5. The molecule has 0 saturated heterocycles. The Morgan fingerprint density at radius 3 is 2.47 bits per heavy atom. The number of carbonyl (C=O) groups is 1. The van der Waals surface area contributed by atoms with Crippen LogP contribution in [0, 0.1) is 13.8 Å². The van der Waals surface area contributed by atoms with Crippen molar-refractivity contribution in [2.45, 2.75) is 19.0 Å². The van der Waals surface area contributed by atoms with Crippen LogP contribution in [0.5, 0.6) is 5.75 Å². The summed E-state index contributed by atoms with van der Waals surface area (Å²) in [5.74, 6) is 1.62. The summed E-state index contributed by atoms with van der Waals surface area (Å²) in [5.41, 5.74) is 4.81. The third kappa shape index (κ3) is 4.84. The Kier molecular flexibility index (Phi) is 6.56. The van der Waals surface area contributed by atoms with Gasteiger partial charge >= 0.3 is 0 Å². The molecule has 1 N–H and O–H groups in total. The maximum Gasteiger partial charge on any atom is 0.234 e. The van der Waals surface area contributed by atoms with Gasteiger partial charge in [-0.25, -0.2) is 0 Å². The second kappa shape index (κ2) is 9.70. The summed E-state index contributed by atoms with van der Waals surface area (Å²) >= 11 is 1.36. The van der Waals surface area contributed by atoms with Crippen LogP contribution in [0.4, 0.5) is 5.69 Å². The molecule has 0 saturated carbocycles. The number of aromatic nitrogens is 3. The monoisotopic (exact) mass is 444 g/mol. The SMILES string of the molecule is COc1ccc(-c2nnc(SCC(=O)Nc3cc(C)ccc3C)n2-c2ccccc2)cc1. The van der Waals surface area contributed by atoms with Crippen LogP contribution >= 0.6 is 11.8 Å². The van der Waals surface area contributed by atoms with E-state index in [1.54, 1.807) is 7.11 Å². The van der Waals surface area contributed by atoms with Crippen LogP contribution < -0.4 is 10.1 Å². The molecule has 162 valence electrons. The van der Waals surface area contributed by atoms with Crippen molar-refractivity contribution in [1.29, 1.82) is 0 Å². The summed E-state index contributed by atoms with van der Waals surface area (Å²) in [7, 11) is 1.64. The maximum atomic E-state index is 12.6. The van der Waals surface area contributed by atoms with E-state index >= 15 is 0 Å². The second-order valence-corrected chi connectivity index (χ2v) is 8.30. The van der Waals surface area contributed by atoms with E-state index in [1.807, 2.05) is 91.2 Å². The van der Waals surface area contributed by atoms with Crippen LogP contribution in [0.3, 0.4) is 0 Å². The van der Waals surface area contributed by atoms with Crippen molar-refractivity contribution in [1.82, 2.24) is 14.8 Å². The number of thioether (sulfide) groups is 1. The van der Waals surface area contributed by atoms with Crippen LogP contribution in [-0.4, -0.2) is 33.5 Å². The quantitative estimate of drug-likeness (QED) is 0.392. The van der Waals surface area contributed by atoms with Gasteiger partial charge in [-0.1, -0.05) is 42.1 Å². The zero-order valence-electron chi connectivity index (χ0n) is 18.2. The first-order valence-electron chi connectivity index (χ1n) is 10.2. The number of ether oxygens (including phenoxy) is 1. The number of rotatable bonds is 7. The highest BCUT2D eigenvalue weighted by molar-refractivity contribution is 7.99. The lowest BCUT2D eigenvalue weighted by Crippen LogP contribution is -2.15. The molecule has 3 aromatic carbocycles. The Morgan fingerprint density at radius 1 is 1.00 bits per heavy atom. The summed E-state index contributed by atoms with van der Waals surface area (Å²) in [6.07, 6.45) is 0. The minimum Gasteiger partial charge on any atom is -0.497 e. The summed E-state index contributed by atoms with van der Waals surface area (Å²) in [6, 6.07) is 23.6. The van der Waals surface area contributed by atoms with Gasteiger partial charge < -0.3 is 10.1 Å². The summed E-state index contributed by atoms with van der Waals surface area (Å²) < 4.78 is 7.23. The van der Waals surface area contributed by atoms with E-state index in [0.29, 0.717) is 11.0 Å². The van der Waals surface area contributed by atoms with E-state index in [-0.39, 0.29) is 11.7 Å². The molecule has 1 aromatic heterocycles. The predicted octanol–water partition coefficient (Wildman–Crippen LogP) is 5.29. The Hall–Kier alpha value is -3.58. The zero-order valence-corrected chi connectivity index (χ0v) is 19.0. The highest BCUT2D eigenvalue weighted by atomic mass is 32.2. The van der Waals surface area contributed by atoms with Gasteiger partial charge in [-0.2, -0.15) is 0 Å². The molecule has 0 radical (unpaired) electrons. The Balaban J connectivity index is 1.59. The molecule has 0 bridgehead atoms. The molecule has 0 aliphatic carbocycles. The maximum absolute atomic E-state index is 12.6. The van der Waals surface area contributed by atoms with Crippen LogP contribution in [0.25, 0.3) is 17.1 Å². The molecule has 0 spiro atoms. The summed E-state index contributed by atoms with van der Waals surface area (Å²) in [6.45, 7) is 3.99. The van der Waals surface area contributed by atoms with Crippen molar-refractivity contribution < 1.29 is 9.53 Å². The number of anilines is 1. The first kappa shape index (κ1) is 21.6. The Morgan fingerprint density at radius 2 is 1.75 bits per heavy atom. The van der Waals surface area contributed by atoms with E-state index in [1.165, 1.54) is 11.8 Å². The molecule has 0 atom stereocenters. The largest absolute Gasteiger partial charge is 0.497 e. The lowest BCUT2D eigenvalue weighted by atomic mass is 10.1. The number of methoxy groups -OCH3 is 1. The number of carbonyl (C=O) groups excluding carboxylic acids is 1. The van der Waals surface area contributed by atoms with Gasteiger partial charge in [0.1, 0.15) is 5.75 Å². The van der Waals surface area contributed by atoms with Crippen molar-refractivity contribution in [3.05, 3.63) is 83.9 Å². The van der Waals surface area contributed by atoms with Gasteiger partial charge in [0, 0.05) is 16.9 Å². The first-order valence-corrected chi connectivity index (χ1v) is 11.2. The van der Waals surface area contributed by atoms with Crippen molar-refractivity contribution in [3.63, 3.8) is 0 Å². The predicted molar refractivity (Wildman–Crippen MR) is 129 cm³/mol. The van der Waals surface area contributed by atoms with Crippen LogP contribution in [-0.2, 0) is 4.79 Å². The number of hydrogen-bond acceptors (Lipinski definition) is 5. The molecule has 1 amide bonds. The van der Waals surface area contributed by atoms with Crippen LogP contribution in [0.1, 0.15) is 11.1 Å². The summed E-state index contributed by atoms with van der Waals surface area (Å²) in [4.78, 5) is 12.6. The normalized spacial score (nSPS) is 10.7. The van der Waals surface area contributed by atoms with Gasteiger partial charge in [-0.15, -0.1) is 10.2 Å². The third-order valence-electron chi connectivity index (χ3n) is 5.00. The molecular weight excluding hydrogens is 420 g/mol. The minimum absolute atomic E-state index is 0.0858. The van der Waals surface area contributed by atoms with E-state index in [2.05, 4.69) is 15.5 Å². The van der Waals surface area contributed by atoms with Gasteiger partial charge in [-0.3, -0.25) is 9.36 Å². The van der Waals surface area contributed by atoms with Gasteiger partial charge in [0.2, 0.25) is 5.91 Å². The Labute approximate surface area is 191 Å². The molecule has 0 fully saturated rings. The summed E-state index contributed by atoms with van der Waals surface area (Å²) in [5, 5.41) is 12.5. The average Bonchev–Trinajstić information content (AvgIpc) is 3.24. The topological polar surface area (TPSA) is 69.0 Å². The van der Waals surface area contributed by atoms with E-state index in [0.717, 1.165) is 33.8 Å². The molecule has 4 aromatic rings. The fourth-order valence-corrected chi connectivity index (χ4v) is 4.04. The molecule has 32 heavy (non-hydrogen) atoms. The highest BCUT2D eigenvalue weighted by Gasteiger charge is 2.17. The average molecular weight is 445 g/mol. The van der Waals surface area contributed by atoms with E-state index in [4.69, 9.17) is 4.74 Å². The molecule has 4 rings (SSSR count). The molecule has 1 heterocycles. The third-order valence-corrected chi connectivity index (χ3v) is 5.92. The van der Waals surface area contributed by atoms with Crippen molar-refractivity contribution in [3.8, 4) is 22.8 Å². The van der Waals surface area contributed by atoms with Crippen LogP contribution in [0.15, 0.2) is 78.0 Å². The number of amides is 1. The highest BCUT2D eigenvalue weighted by Crippen LogP contribution is 2.29. The standard InChI is InChI=1S/C25H24N4O2S/c1-17-9-10-18(2)22(15-17)26-23(30)16-32-25-28-27-24(19-11-13-21(31-3)14-12-19)29(25)20-7-5-4-6-8-20/h4-15H,16H2,1-3H3,(H,26,30). The molecule has 0 aliphatic heterocycles. The van der Waals surface area contributed by atoms with Gasteiger partial charge in [0.15, 0.2) is 11.0 Å². The number of nitrogens with zero attached hydrogens (tertiary/aromatic N) is 3. The van der Waals surface area contributed by atoms with Gasteiger partial charge in [0.05, 0.1) is 12.9 Å². The van der Waals surface area contributed by atoms with Crippen molar-refractivity contribution in [2.75, 3.05) is 18.2 Å². The molecule has 0 unspecified atom stereocenters. The molecule has 0 aliphatic rings. The zero-order chi connectivity index (χ0) is 22.5. The number of benzene rings is 3. The second-order valence-electron chi connectivity index (χ2n) is 7.36. The number of hydrogen-bond donors (Lipinski definition) is 1. The Bertz CT molecular complexity index is 1220. The molecule has 6 nitrogen and oxygen atoms in total. The molecule has 7 heteroatoms. The van der Waals surface area contributed by atoms with Crippen molar-refractivity contribution in [2.24, 2.45) is 0 Å². The lowest BCUT2D eigenvalue weighted by Gasteiger charge is -2.11.